The molecule has 1 aliphatic heterocycles. The molecule has 162 valence electrons. The first-order chi connectivity index (χ1) is 15.1. The maximum atomic E-state index is 13.5. The molecule has 1 amide bonds. The first-order valence-electron chi connectivity index (χ1n) is 10.3. The third-order valence-electron chi connectivity index (χ3n) is 5.45. The van der Waals surface area contributed by atoms with Crippen LogP contribution in [0.5, 0.6) is 11.5 Å². The molecule has 8 heteroatoms. The molecular weight excluding hydrogens is 434 g/mol. The van der Waals surface area contributed by atoms with Gasteiger partial charge in [-0.2, -0.15) is 0 Å². The topological polar surface area (TPSA) is 64.0 Å². The molecule has 31 heavy (non-hydrogen) atoms. The number of aromatic nitrogens is 1. The number of aliphatic imine (C=N–C) groups is 1. The van der Waals surface area contributed by atoms with Crippen LogP contribution in [0.4, 0.5) is 5.69 Å². The number of nitrogens with zero attached hydrogens (tertiary/aromatic N) is 3. The zero-order chi connectivity index (χ0) is 21.8. The Kier molecular flexibility index (Phi) is 6.83. The molecule has 0 N–H and O–H groups in total. The van der Waals surface area contributed by atoms with Gasteiger partial charge in [-0.05, 0) is 48.9 Å². The van der Waals surface area contributed by atoms with Crippen molar-refractivity contribution in [2.45, 2.75) is 38.1 Å². The molecule has 2 aliphatic rings. The molecule has 0 unspecified atom stereocenters. The van der Waals surface area contributed by atoms with Crippen LogP contribution in [-0.4, -0.2) is 41.2 Å². The Labute approximate surface area is 191 Å². The third-order valence-corrected chi connectivity index (χ3v) is 6.73. The van der Waals surface area contributed by atoms with Gasteiger partial charge in [-0.25, -0.2) is 9.98 Å². The van der Waals surface area contributed by atoms with Crippen LogP contribution in [0.3, 0.4) is 0 Å². The standard InChI is InChI=1S/C23H24ClN3O3S/c1-29-18-12-6-8-15(20(18)30-2)14-19-22(28)27(16-9-4-3-5-10-16)23(31-19)26-17-11-7-13-25-21(17)24/h6-8,11-14,16H,3-5,9-10H2,1-2H3/b19-14-,26-23?. The Hall–Kier alpha value is -2.51. The lowest BCUT2D eigenvalue weighted by atomic mass is 9.94. The first kappa shape index (κ1) is 21.7. The van der Waals surface area contributed by atoms with Gasteiger partial charge in [-0.1, -0.05) is 43.0 Å². The molecule has 1 aromatic carbocycles. The fraction of sp³-hybridized carbons (Fsp3) is 0.348. The van der Waals surface area contributed by atoms with E-state index in [1.54, 1.807) is 32.5 Å². The molecule has 0 spiro atoms. The second-order valence-electron chi connectivity index (χ2n) is 7.37. The van der Waals surface area contributed by atoms with Crippen LogP contribution in [0, 0.1) is 0 Å². The predicted octanol–water partition coefficient (Wildman–Crippen LogP) is 5.69. The summed E-state index contributed by atoms with van der Waals surface area (Å²) in [6.45, 7) is 0. The SMILES string of the molecule is COc1cccc(/C=C2\SC(=Nc3cccnc3Cl)N(C3CCCCC3)C2=O)c1OC. The number of hydrogen-bond donors (Lipinski definition) is 0. The van der Waals surface area contributed by atoms with E-state index in [-0.39, 0.29) is 11.9 Å². The Morgan fingerprint density at radius 1 is 1.16 bits per heavy atom. The molecule has 1 aliphatic carbocycles. The van der Waals surface area contributed by atoms with Gasteiger partial charge in [-0.15, -0.1) is 0 Å². The van der Waals surface area contributed by atoms with Gasteiger partial charge in [0.15, 0.2) is 21.8 Å². The van der Waals surface area contributed by atoms with E-state index in [2.05, 4.69) is 4.98 Å². The zero-order valence-electron chi connectivity index (χ0n) is 17.5. The number of methoxy groups -OCH3 is 2. The van der Waals surface area contributed by atoms with Gasteiger partial charge in [0.25, 0.3) is 5.91 Å². The molecule has 0 bridgehead atoms. The van der Waals surface area contributed by atoms with Crippen molar-refractivity contribution in [1.82, 2.24) is 9.88 Å². The summed E-state index contributed by atoms with van der Waals surface area (Å²) in [6, 6.07) is 9.34. The smallest absolute Gasteiger partial charge is 0.267 e. The van der Waals surface area contributed by atoms with E-state index < -0.39 is 0 Å². The Bertz CT molecular complexity index is 1030. The third kappa shape index (κ3) is 4.57. The number of carbonyl (C=O) groups is 1. The minimum absolute atomic E-state index is 0.0412. The van der Waals surface area contributed by atoms with E-state index in [0.717, 1.165) is 31.2 Å². The Morgan fingerprint density at radius 3 is 2.68 bits per heavy atom. The number of ether oxygens (including phenoxy) is 2. The molecule has 4 rings (SSSR count). The van der Waals surface area contributed by atoms with Crippen molar-refractivity contribution < 1.29 is 14.3 Å². The summed E-state index contributed by atoms with van der Waals surface area (Å²) in [7, 11) is 3.19. The lowest BCUT2D eigenvalue weighted by Crippen LogP contribution is -2.40. The summed E-state index contributed by atoms with van der Waals surface area (Å²) in [5.41, 5.74) is 1.34. The van der Waals surface area contributed by atoms with Crippen LogP contribution in [-0.2, 0) is 4.79 Å². The molecule has 1 saturated carbocycles. The first-order valence-corrected chi connectivity index (χ1v) is 11.4. The Morgan fingerprint density at radius 2 is 1.97 bits per heavy atom. The molecule has 2 aromatic rings. The van der Waals surface area contributed by atoms with E-state index in [9.17, 15) is 4.79 Å². The Balaban J connectivity index is 1.75. The van der Waals surface area contributed by atoms with Crippen molar-refractivity contribution in [1.29, 1.82) is 0 Å². The fourth-order valence-electron chi connectivity index (χ4n) is 3.96. The normalized spacial score (nSPS) is 20.0. The minimum Gasteiger partial charge on any atom is -0.493 e. The molecule has 2 fully saturated rings. The average molecular weight is 458 g/mol. The highest BCUT2D eigenvalue weighted by atomic mass is 35.5. The second-order valence-corrected chi connectivity index (χ2v) is 8.74. The largest absolute Gasteiger partial charge is 0.493 e. The van der Waals surface area contributed by atoms with Crippen LogP contribution in [0.2, 0.25) is 5.15 Å². The minimum atomic E-state index is -0.0412. The molecule has 0 radical (unpaired) electrons. The van der Waals surface area contributed by atoms with E-state index in [4.69, 9.17) is 26.1 Å². The second kappa shape index (κ2) is 9.75. The highest BCUT2D eigenvalue weighted by molar-refractivity contribution is 8.18. The predicted molar refractivity (Wildman–Crippen MR) is 125 cm³/mol. The van der Waals surface area contributed by atoms with Gasteiger partial charge in [0.1, 0.15) is 5.69 Å². The van der Waals surface area contributed by atoms with Crippen LogP contribution >= 0.6 is 23.4 Å². The summed E-state index contributed by atoms with van der Waals surface area (Å²) in [6.07, 6.45) is 8.85. The van der Waals surface area contributed by atoms with Gasteiger partial charge in [0.2, 0.25) is 0 Å². The number of hydrogen-bond acceptors (Lipinski definition) is 6. The van der Waals surface area contributed by atoms with Crippen LogP contribution in [0.1, 0.15) is 37.7 Å². The summed E-state index contributed by atoms with van der Waals surface area (Å²) in [5.74, 6) is 1.17. The lowest BCUT2D eigenvalue weighted by Gasteiger charge is -2.30. The van der Waals surface area contributed by atoms with Crippen LogP contribution < -0.4 is 9.47 Å². The quantitative estimate of drug-likeness (QED) is 0.426. The number of benzene rings is 1. The lowest BCUT2D eigenvalue weighted by molar-refractivity contribution is -0.124. The number of amidine groups is 1. The molecule has 0 atom stereocenters. The van der Waals surface area contributed by atoms with Crippen molar-refractivity contribution in [3.8, 4) is 11.5 Å². The summed E-state index contributed by atoms with van der Waals surface area (Å²) >= 11 is 7.59. The summed E-state index contributed by atoms with van der Waals surface area (Å²) in [5, 5.41) is 0.957. The van der Waals surface area contributed by atoms with E-state index in [1.165, 1.54) is 18.2 Å². The van der Waals surface area contributed by atoms with Gasteiger partial charge in [0.05, 0.1) is 19.1 Å². The van der Waals surface area contributed by atoms with Gasteiger partial charge >= 0.3 is 0 Å². The number of para-hydroxylation sites is 1. The average Bonchev–Trinajstić information content (AvgIpc) is 3.10. The van der Waals surface area contributed by atoms with Crippen LogP contribution in [0.25, 0.3) is 6.08 Å². The number of amides is 1. The fourth-order valence-corrected chi connectivity index (χ4v) is 5.16. The number of carbonyl (C=O) groups excluding carboxylic acids is 1. The maximum Gasteiger partial charge on any atom is 0.267 e. The van der Waals surface area contributed by atoms with E-state index >= 15 is 0 Å². The van der Waals surface area contributed by atoms with Crippen molar-refractivity contribution in [2.75, 3.05) is 14.2 Å². The molecule has 1 aromatic heterocycles. The van der Waals surface area contributed by atoms with Crippen molar-refractivity contribution >= 4 is 46.2 Å². The van der Waals surface area contributed by atoms with Gasteiger partial charge in [-0.3, -0.25) is 9.69 Å². The maximum absolute atomic E-state index is 13.5. The molecule has 2 heterocycles. The van der Waals surface area contributed by atoms with Crippen molar-refractivity contribution in [3.05, 3.63) is 52.2 Å². The van der Waals surface area contributed by atoms with Gasteiger partial charge in [0, 0.05) is 17.8 Å². The molecular formula is C23H24ClN3O3S. The summed E-state index contributed by atoms with van der Waals surface area (Å²) in [4.78, 5) is 24.7. The number of rotatable bonds is 5. The van der Waals surface area contributed by atoms with E-state index in [1.807, 2.05) is 29.2 Å². The number of halogens is 1. The molecule has 6 nitrogen and oxygen atoms in total. The van der Waals surface area contributed by atoms with E-state index in [0.29, 0.717) is 32.4 Å². The van der Waals surface area contributed by atoms with Gasteiger partial charge < -0.3 is 9.47 Å². The molecule has 1 saturated heterocycles. The van der Waals surface area contributed by atoms with Crippen LogP contribution in [0.15, 0.2) is 46.4 Å². The number of thioether (sulfide) groups is 1. The monoisotopic (exact) mass is 457 g/mol. The highest BCUT2D eigenvalue weighted by Crippen LogP contribution is 2.41. The van der Waals surface area contributed by atoms with Crippen molar-refractivity contribution in [3.63, 3.8) is 0 Å². The highest BCUT2D eigenvalue weighted by Gasteiger charge is 2.39. The number of pyridine rings is 1. The zero-order valence-corrected chi connectivity index (χ0v) is 19.1. The summed E-state index contributed by atoms with van der Waals surface area (Å²) < 4.78 is 10.9. The van der Waals surface area contributed by atoms with Crippen molar-refractivity contribution in [2.24, 2.45) is 4.99 Å².